The third-order valence-corrected chi connectivity index (χ3v) is 8.77. The van der Waals surface area contributed by atoms with Gasteiger partial charge in [-0.25, -0.2) is 0 Å². The van der Waals surface area contributed by atoms with Crippen molar-refractivity contribution in [2.24, 2.45) is 34.0 Å². The molecule has 4 saturated carbocycles. The van der Waals surface area contributed by atoms with Gasteiger partial charge in [-0.3, -0.25) is 9.59 Å². The Kier molecular flexibility index (Phi) is 4.22. The monoisotopic (exact) mass is 392 g/mol. The van der Waals surface area contributed by atoms with Gasteiger partial charge in [0.05, 0.1) is 18.3 Å². The van der Waals surface area contributed by atoms with Crippen LogP contribution < -0.4 is 0 Å². The standard InChI is InChI=1S/C22H32O6/c1-10-14-15(24)16(25)17-21(5)8-6-7-20(3,4)12(21)9-13(28-11(2)23)22(17,18(10)26)19(14)27/h12-17,19,24-25,27H,1,6-9H2,2-5H3/t12-,13-,14-,15-,16+,17+,19-,21-,22-/m1/s1. The van der Waals surface area contributed by atoms with Crippen LogP contribution in [-0.4, -0.2) is 51.5 Å². The second-order valence-electron chi connectivity index (χ2n) is 10.5. The predicted octanol–water partition coefficient (Wildman–Crippen LogP) is 1.61. The molecule has 0 radical (unpaired) electrons. The van der Waals surface area contributed by atoms with Crippen molar-refractivity contribution in [3.8, 4) is 0 Å². The van der Waals surface area contributed by atoms with E-state index in [0.29, 0.717) is 6.42 Å². The molecule has 0 aromatic carbocycles. The first-order valence-corrected chi connectivity index (χ1v) is 10.4. The molecule has 4 rings (SSSR count). The second-order valence-corrected chi connectivity index (χ2v) is 10.5. The molecule has 28 heavy (non-hydrogen) atoms. The van der Waals surface area contributed by atoms with Crippen LogP contribution in [0.2, 0.25) is 0 Å². The number of carbonyl (C=O) groups excluding carboxylic acids is 2. The molecule has 0 aliphatic heterocycles. The van der Waals surface area contributed by atoms with Crippen LogP contribution in [0.1, 0.15) is 53.4 Å². The number of rotatable bonds is 1. The summed E-state index contributed by atoms with van der Waals surface area (Å²) in [5.41, 5.74) is -1.84. The molecule has 0 amide bonds. The van der Waals surface area contributed by atoms with E-state index in [-0.39, 0.29) is 22.7 Å². The lowest BCUT2D eigenvalue weighted by Crippen LogP contribution is -2.72. The molecule has 4 aliphatic carbocycles. The SMILES string of the molecule is C=C1C(=O)[C@]23[C@H](O)[C@H]1[C@@H](O)[C@H](O)[C@H]2[C@]1(C)CCCC(C)(C)[C@H]1C[C@H]3OC(C)=O. The summed E-state index contributed by atoms with van der Waals surface area (Å²) in [4.78, 5) is 25.5. The number of aliphatic hydroxyl groups excluding tert-OH is 3. The highest BCUT2D eigenvalue weighted by Crippen LogP contribution is 2.71. The molecule has 6 heteroatoms. The van der Waals surface area contributed by atoms with Crippen molar-refractivity contribution >= 4 is 11.8 Å². The molecule has 0 aromatic heterocycles. The maximum Gasteiger partial charge on any atom is 0.302 e. The zero-order valence-electron chi connectivity index (χ0n) is 17.1. The highest BCUT2D eigenvalue weighted by Gasteiger charge is 2.78. The van der Waals surface area contributed by atoms with Gasteiger partial charge < -0.3 is 20.1 Å². The molecule has 0 aromatic rings. The van der Waals surface area contributed by atoms with E-state index >= 15 is 0 Å². The van der Waals surface area contributed by atoms with Gasteiger partial charge in [-0.15, -0.1) is 0 Å². The van der Waals surface area contributed by atoms with Crippen LogP contribution in [0.4, 0.5) is 0 Å². The quantitative estimate of drug-likeness (QED) is 0.463. The highest BCUT2D eigenvalue weighted by atomic mass is 16.5. The van der Waals surface area contributed by atoms with Crippen LogP contribution in [0.3, 0.4) is 0 Å². The third-order valence-electron chi connectivity index (χ3n) is 8.77. The third kappa shape index (κ3) is 2.14. The van der Waals surface area contributed by atoms with E-state index in [1.165, 1.54) is 6.92 Å². The summed E-state index contributed by atoms with van der Waals surface area (Å²) < 4.78 is 5.69. The summed E-state index contributed by atoms with van der Waals surface area (Å²) >= 11 is 0. The summed E-state index contributed by atoms with van der Waals surface area (Å²) in [6, 6.07) is 0. The molecule has 0 saturated heterocycles. The maximum absolute atomic E-state index is 13.5. The second kappa shape index (κ2) is 5.89. The fourth-order valence-electron chi connectivity index (χ4n) is 7.82. The van der Waals surface area contributed by atoms with Crippen molar-refractivity contribution in [3.63, 3.8) is 0 Å². The Balaban J connectivity index is 1.97. The van der Waals surface area contributed by atoms with Gasteiger partial charge >= 0.3 is 5.97 Å². The molecule has 0 unspecified atom stereocenters. The summed E-state index contributed by atoms with van der Waals surface area (Å²) in [7, 11) is 0. The number of fused-ring (bicyclic) bond motifs is 3. The van der Waals surface area contributed by atoms with E-state index in [1.54, 1.807) is 0 Å². The lowest BCUT2D eigenvalue weighted by atomic mass is 9.39. The van der Waals surface area contributed by atoms with Gasteiger partial charge in [-0.2, -0.15) is 0 Å². The molecule has 4 aliphatic rings. The average molecular weight is 392 g/mol. The van der Waals surface area contributed by atoms with Gasteiger partial charge in [0.1, 0.15) is 11.5 Å². The number of carbonyl (C=O) groups is 2. The molecular weight excluding hydrogens is 360 g/mol. The minimum Gasteiger partial charge on any atom is -0.461 e. The van der Waals surface area contributed by atoms with Gasteiger partial charge in [0.15, 0.2) is 5.78 Å². The molecule has 3 N–H and O–H groups in total. The van der Waals surface area contributed by atoms with Crippen LogP contribution in [0, 0.1) is 34.0 Å². The van der Waals surface area contributed by atoms with Crippen molar-refractivity contribution in [1.29, 1.82) is 0 Å². The van der Waals surface area contributed by atoms with Crippen LogP contribution in [-0.2, 0) is 14.3 Å². The molecule has 6 nitrogen and oxygen atoms in total. The first kappa shape index (κ1) is 20.0. The fourth-order valence-corrected chi connectivity index (χ4v) is 7.82. The topological polar surface area (TPSA) is 104 Å². The Labute approximate surface area is 166 Å². The van der Waals surface area contributed by atoms with Gasteiger partial charge in [-0.1, -0.05) is 33.8 Å². The zero-order chi connectivity index (χ0) is 20.8. The molecule has 156 valence electrons. The van der Waals surface area contributed by atoms with E-state index in [9.17, 15) is 24.9 Å². The van der Waals surface area contributed by atoms with Gasteiger partial charge in [-0.05, 0) is 41.6 Å². The Hall–Kier alpha value is -1.24. The van der Waals surface area contributed by atoms with Crippen molar-refractivity contribution in [3.05, 3.63) is 12.2 Å². The van der Waals surface area contributed by atoms with E-state index in [1.807, 2.05) is 0 Å². The number of hydrogen-bond acceptors (Lipinski definition) is 6. The smallest absolute Gasteiger partial charge is 0.302 e. The number of ketones is 1. The fraction of sp³-hybridized carbons (Fsp3) is 0.818. The van der Waals surface area contributed by atoms with Gasteiger partial charge in [0, 0.05) is 18.8 Å². The predicted molar refractivity (Wildman–Crippen MR) is 101 cm³/mol. The first-order valence-electron chi connectivity index (χ1n) is 10.4. The maximum atomic E-state index is 13.5. The van der Waals surface area contributed by atoms with Gasteiger partial charge in [0.25, 0.3) is 0 Å². The summed E-state index contributed by atoms with van der Waals surface area (Å²) in [6.45, 7) is 11.6. The molecule has 2 bridgehead atoms. The molecule has 1 spiro atoms. The average Bonchev–Trinajstić information content (AvgIpc) is 2.72. The van der Waals surface area contributed by atoms with Crippen molar-refractivity contribution in [2.75, 3.05) is 0 Å². The van der Waals surface area contributed by atoms with Crippen LogP contribution >= 0.6 is 0 Å². The molecular formula is C22H32O6. The Bertz CT molecular complexity index is 743. The number of aliphatic hydroxyl groups is 3. The minimum atomic E-state index is -1.44. The van der Waals surface area contributed by atoms with Crippen molar-refractivity contribution in [1.82, 2.24) is 0 Å². The Morgan fingerprint density at radius 2 is 1.79 bits per heavy atom. The van der Waals surface area contributed by atoms with E-state index in [0.717, 1.165) is 19.3 Å². The molecule has 4 fully saturated rings. The van der Waals surface area contributed by atoms with E-state index in [4.69, 9.17) is 4.74 Å². The van der Waals surface area contributed by atoms with Crippen molar-refractivity contribution < 1.29 is 29.6 Å². The van der Waals surface area contributed by atoms with Gasteiger partial charge in [0.2, 0.25) is 0 Å². The number of ether oxygens (including phenoxy) is 1. The van der Waals surface area contributed by atoms with Crippen LogP contribution in [0.15, 0.2) is 12.2 Å². The first-order chi connectivity index (χ1) is 12.9. The number of Topliss-reactive ketones (excluding diaryl/α,β-unsaturated/α-hetero) is 1. The lowest BCUT2D eigenvalue weighted by Gasteiger charge is -2.66. The summed E-state index contributed by atoms with van der Waals surface area (Å²) in [5.74, 6) is -2.41. The Morgan fingerprint density at radius 3 is 2.39 bits per heavy atom. The zero-order valence-corrected chi connectivity index (χ0v) is 17.1. The highest BCUT2D eigenvalue weighted by molar-refractivity contribution is 6.05. The largest absolute Gasteiger partial charge is 0.461 e. The normalized spacial score (nSPS) is 52.0. The minimum absolute atomic E-state index is 0.0713. The number of hydrogen-bond donors (Lipinski definition) is 3. The van der Waals surface area contributed by atoms with E-state index < -0.39 is 53.1 Å². The Morgan fingerprint density at radius 1 is 1.14 bits per heavy atom. The van der Waals surface area contributed by atoms with Crippen molar-refractivity contribution in [2.45, 2.75) is 77.8 Å². The lowest BCUT2D eigenvalue weighted by molar-refractivity contribution is -0.273. The summed E-state index contributed by atoms with van der Waals surface area (Å²) in [5, 5.41) is 33.4. The summed E-state index contributed by atoms with van der Waals surface area (Å²) in [6.07, 6.45) is -1.29. The van der Waals surface area contributed by atoms with Crippen LogP contribution in [0.25, 0.3) is 0 Å². The van der Waals surface area contributed by atoms with Crippen LogP contribution in [0.5, 0.6) is 0 Å². The van der Waals surface area contributed by atoms with E-state index in [2.05, 4.69) is 27.4 Å². The number of esters is 1. The molecule has 9 atom stereocenters. The molecule has 0 heterocycles.